The predicted octanol–water partition coefficient (Wildman–Crippen LogP) is 6.11. The van der Waals surface area contributed by atoms with Crippen molar-refractivity contribution in [2.24, 2.45) is 5.92 Å². The van der Waals surface area contributed by atoms with Crippen LogP contribution in [0.25, 0.3) is 0 Å². The lowest BCUT2D eigenvalue weighted by Gasteiger charge is -2.39. The Morgan fingerprint density at radius 3 is 2.33 bits per heavy atom. The van der Waals surface area contributed by atoms with Gasteiger partial charge < -0.3 is 15.4 Å². The molecule has 2 bridgehead atoms. The third kappa shape index (κ3) is 5.98. The van der Waals surface area contributed by atoms with Crippen LogP contribution in [0, 0.1) is 5.92 Å². The molecule has 4 atom stereocenters. The Labute approximate surface area is 209 Å². The van der Waals surface area contributed by atoms with Crippen molar-refractivity contribution >= 4 is 17.5 Å². The summed E-state index contributed by atoms with van der Waals surface area (Å²) in [6, 6.07) is 8.49. The van der Waals surface area contributed by atoms with E-state index >= 15 is 0 Å². The Morgan fingerprint density at radius 1 is 1.06 bits per heavy atom. The molecule has 2 aromatic carbocycles. The van der Waals surface area contributed by atoms with Crippen molar-refractivity contribution in [2.75, 3.05) is 0 Å². The normalized spacial score (nSPS) is 26.2. The highest BCUT2D eigenvalue weighted by molar-refractivity contribution is 6.30. The number of halogens is 7. The number of carbonyl (C=O) groups is 1. The average molecular weight is 535 g/mol. The minimum absolute atomic E-state index is 0.0976. The van der Waals surface area contributed by atoms with Gasteiger partial charge in [0.25, 0.3) is 0 Å². The van der Waals surface area contributed by atoms with Crippen LogP contribution in [-0.4, -0.2) is 23.6 Å². The van der Waals surface area contributed by atoms with Crippen molar-refractivity contribution in [1.82, 2.24) is 10.6 Å². The van der Waals surface area contributed by atoms with E-state index in [-0.39, 0.29) is 29.5 Å². The summed E-state index contributed by atoms with van der Waals surface area (Å²) in [5.74, 6) is -0.474. The number of alkyl halides is 6. The number of ether oxygens (including phenoxy) is 1. The minimum atomic E-state index is -4.92. The molecule has 2 heterocycles. The lowest BCUT2D eigenvalue weighted by atomic mass is 9.88. The largest absolute Gasteiger partial charge is 0.416 e. The average Bonchev–Trinajstić information content (AvgIpc) is 3.07. The molecule has 0 aromatic heterocycles. The Morgan fingerprint density at radius 2 is 1.72 bits per heavy atom. The second kappa shape index (κ2) is 9.87. The van der Waals surface area contributed by atoms with Gasteiger partial charge in [-0.3, -0.25) is 4.79 Å². The summed E-state index contributed by atoms with van der Waals surface area (Å²) >= 11 is 5.98. The third-order valence-electron chi connectivity index (χ3n) is 6.89. The summed E-state index contributed by atoms with van der Waals surface area (Å²) < 4.78 is 84.8. The highest BCUT2D eigenvalue weighted by Crippen LogP contribution is 2.42. The van der Waals surface area contributed by atoms with E-state index in [0.29, 0.717) is 43.0 Å². The minimum Gasteiger partial charge on any atom is -0.372 e. The van der Waals surface area contributed by atoms with E-state index in [4.69, 9.17) is 16.3 Å². The molecule has 0 spiro atoms. The third-order valence-corrected chi connectivity index (χ3v) is 7.12. The standard InChI is InChI=1S/C25H25ClF6N2O2/c1-23-11-19(22(35)33-12-14-3-2-4-18(26)9-14)20(34-23)5-6-21(23)36-13-15-7-16(24(27,28)29)10-17(8-15)25(30,31)32/h2-4,7-10,19-21,34H,5-6,11-13H2,1H3,(H,33,35). The number of hydrogen-bond donors (Lipinski definition) is 2. The molecule has 4 rings (SSSR count). The molecule has 4 nitrogen and oxygen atoms in total. The zero-order valence-electron chi connectivity index (χ0n) is 19.3. The van der Waals surface area contributed by atoms with Gasteiger partial charge in [-0.1, -0.05) is 23.7 Å². The Balaban J connectivity index is 1.41. The summed E-state index contributed by atoms with van der Waals surface area (Å²) in [5.41, 5.74) is -2.74. The summed E-state index contributed by atoms with van der Waals surface area (Å²) in [7, 11) is 0. The predicted molar refractivity (Wildman–Crippen MR) is 121 cm³/mol. The fourth-order valence-electron chi connectivity index (χ4n) is 5.14. The molecule has 2 aliphatic heterocycles. The maximum absolute atomic E-state index is 13.2. The van der Waals surface area contributed by atoms with Crippen LogP contribution in [0.3, 0.4) is 0 Å². The number of piperidine rings is 1. The van der Waals surface area contributed by atoms with Crippen LogP contribution in [0.5, 0.6) is 0 Å². The summed E-state index contributed by atoms with van der Waals surface area (Å²) in [6.07, 6.45) is -8.77. The fraction of sp³-hybridized carbons (Fsp3) is 0.480. The van der Waals surface area contributed by atoms with Gasteiger partial charge in [-0.2, -0.15) is 26.3 Å². The molecule has 0 saturated carbocycles. The molecule has 2 aromatic rings. The van der Waals surface area contributed by atoms with Crippen molar-refractivity contribution in [3.63, 3.8) is 0 Å². The molecule has 36 heavy (non-hydrogen) atoms. The van der Waals surface area contributed by atoms with Gasteiger partial charge in [-0.05, 0) is 67.6 Å². The van der Waals surface area contributed by atoms with E-state index in [9.17, 15) is 31.1 Å². The molecule has 1 amide bonds. The fourth-order valence-corrected chi connectivity index (χ4v) is 5.35. The van der Waals surface area contributed by atoms with Gasteiger partial charge in [0.15, 0.2) is 0 Å². The van der Waals surface area contributed by atoms with E-state index in [1.807, 2.05) is 13.0 Å². The maximum Gasteiger partial charge on any atom is 0.416 e. The number of carbonyl (C=O) groups excluding carboxylic acids is 1. The van der Waals surface area contributed by atoms with Crippen LogP contribution >= 0.6 is 11.6 Å². The summed E-state index contributed by atoms with van der Waals surface area (Å²) in [4.78, 5) is 12.9. The molecule has 2 aliphatic rings. The lowest BCUT2D eigenvalue weighted by molar-refractivity contribution is -0.143. The van der Waals surface area contributed by atoms with Crippen molar-refractivity contribution in [3.8, 4) is 0 Å². The highest BCUT2D eigenvalue weighted by Gasteiger charge is 2.52. The first-order chi connectivity index (χ1) is 16.7. The molecule has 0 aliphatic carbocycles. The molecule has 4 unspecified atom stereocenters. The van der Waals surface area contributed by atoms with Gasteiger partial charge in [-0.15, -0.1) is 0 Å². The van der Waals surface area contributed by atoms with Crippen LogP contribution < -0.4 is 10.6 Å². The van der Waals surface area contributed by atoms with Crippen LogP contribution in [0.15, 0.2) is 42.5 Å². The summed E-state index contributed by atoms with van der Waals surface area (Å²) in [6.45, 7) is 1.77. The van der Waals surface area contributed by atoms with Gasteiger partial charge in [0, 0.05) is 23.1 Å². The first kappa shape index (κ1) is 26.8. The number of fused-ring (bicyclic) bond motifs is 2. The van der Waals surface area contributed by atoms with Crippen molar-refractivity contribution in [2.45, 2.75) is 69.4 Å². The zero-order valence-corrected chi connectivity index (χ0v) is 20.0. The van der Waals surface area contributed by atoms with Crippen LogP contribution in [0.1, 0.15) is 48.4 Å². The van der Waals surface area contributed by atoms with E-state index in [2.05, 4.69) is 10.6 Å². The van der Waals surface area contributed by atoms with E-state index in [0.717, 1.165) is 5.56 Å². The van der Waals surface area contributed by atoms with Gasteiger partial charge in [0.05, 0.1) is 29.8 Å². The Bertz CT molecular complexity index is 1090. The first-order valence-electron chi connectivity index (χ1n) is 11.4. The SMILES string of the molecule is CC12CC(C(=O)NCc3cccc(Cl)c3)C(CCC1OCc1cc(C(F)(F)F)cc(C(F)(F)F)c1)N2. The molecule has 2 N–H and O–H groups in total. The van der Waals surface area contributed by atoms with Crippen LogP contribution in [-0.2, 0) is 35.0 Å². The number of benzene rings is 2. The van der Waals surface area contributed by atoms with Crippen LogP contribution in [0.4, 0.5) is 26.3 Å². The van der Waals surface area contributed by atoms with Gasteiger partial charge >= 0.3 is 12.4 Å². The quantitative estimate of drug-likeness (QED) is 0.440. The molecular formula is C25H25ClF6N2O2. The van der Waals surface area contributed by atoms with E-state index in [1.54, 1.807) is 18.2 Å². The van der Waals surface area contributed by atoms with Gasteiger partial charge in [0.1, 0.15) is 0 Å². The number of hydrogen-bond acceptors (Lipinski definition) is 3. The van der Waals surface area contributed by atoms with E-state index < -0.39 is 41.7 Å². The zero-order chi connectivity index (χ0) is 26.3. The molecule has 2 fully saturated rings. The van der Waals surface area contributed by atoms with Gasteiger partial charge in [-0.25, -0.2) is 0 Å². The number of amides is 1. The maximum atomic E-state index is 13.2. The lowest BCUT2D eigenvalue weighted by Crippen LogP contribution is -2.55. The van der Waals surface area contributed by atoms with Crippen molar-refractivity contribution < 1.29 is 35.9 Å². The second-order valence-corrected chi connectivity index (χ2v) is 10.1. The molecule has 0 radical (unpaired) electrons. The molecule has 2 saturated heterocycles. The van der Waals surface area contributed by atoms with Crippen molar-refractivity contribution in [1.29, 1.82) is 0 Å². The monoisotopic (exact) mass is 534 g/mol. The number of rotatable bonds is 6. The Kier molecular flexibility index (Phi) is 7.34. The Hall–Kier alpha value is -2.30. The smallest absolute Gasteiger partial charge is 0.372 e. The highest BCUT2D eigenvalue weighted by atomic mass is 35.5. The van der Waals surface area contributed by atoms with E-state index in [1.165, 1.54) is 0 Å². The molecule has 11 heteroatoms. The first-order valence-corrected chi connectivity index (χ1v) is 11.8. The number of nitrogens with one attached hydrogen (secondary N) is 2. The topological polar surface area (TPSA) is 50.4 Å². The van der Waals surface area contributed by atoms with Crippen LogP contribution in [0.2, 0.25) is 5.02 Å². The molecular weight excluding hydrogens is 510 g/mol. The summed E-state index contributed by atoms with van der Waals surface area (Å²) in [5, 5.41) is 6.88. The second-order valence-electron chi connectivity index (χ2n) is 9.62. The van der Waals surface area contributed by atoms with Gasteiger partial charge in [0.2, 0.25) is 5.91 Å². The molecule has 196 valence electrons. The van der Waals surface area contributed by atoms with Crippen molar-refractivity contribution in [3.05, 3.63) is 69.7 Å².